The van der Waals surface area contributed by atoms with Gasteiger partial charge in [0.1, 0.15) is 6.61 Å². The first-order valence-electron chi connectivity index (χ1n) is 6.05. The van der Waals surface area contributed by atoms with Crippen molar-refractivity contribution in [1.29, 1.82) is 0 Å². The van der Waals surface area contributed by atoms with Gasteiger partial charge in [-0.3, -0.25) is 0 Å². The van der Waals surface area contributed by atoms with Gasteiger partial charge in [-0.05, 0) is 25.5 Å². The van der Waals surface area contributed by atoms with Gasteiger partial charge in [-0.2, -0.15) is 0 Å². The minimum atomic E-state index is -0.401. The maximum Gasteiger partial charge on any atom is 0.315 e. The van der Waals surface area contributed by atoms with Gasteiger partial charge >= 0.3 is 6.03 Å². The predicted molar refractivity (Wildman–Crippen MR) is 68.2 cm³/mol. The molecule has 0 aliphatic carbocycles. The summed E-state index contributed by atoms with van der Waals surface area (Å²) in [4.78, 5) is 11.3. The van der Waals surface area contributed by atoms with Crippen LogP contribution >= 0.6 is 0 Å². The molecular weight excluding hydrogens is 235 g/mol. The number of amides is 2. The highest BCUT2D eigenvalue weighted by Crippen LogP contribution is 2.14. The molecule has 1 rings (SSSR count). The molecule has 0 saturated carbocycles. The standard InChI is InChI=1S/C13H19FN2O2/c1-3-10(2)16-13(17)15-8-9-18-12-7-5-4-6-11(12)14/h4-7,10H,3,8-9H2,1-2H3,(H2,15,16,17). The number of para-hydroxylation sites is 1. The highest BCUT2D eigenvalue weighted by molar-refractivity contribution is 5.74. The van der Waals surface area contributed by atoms with Crippen LogP contribution in [-0.2, 0) is 0 Å². The lowest BCUT2D eigenvalue weighted by Gasteiger charge is -2.13. The number of hydrogen-bond acceptors (Lipinski definition) is 2. The Balaban J connectivity index is 2.19. The number of benzene rings is 1. The summed E-state index contributed by atoms with van der Waals surface area (Å²) < 4.78 is 18.4. The number of urea groups is 1. The van der Waals surface area contributed by atoms with Gasteiger partial charge in [-0.15, -0.1) is 0 Å². The number of carbonyl (C=O) groups excluding carboxylic acids is 1. The Labute approximate surface area is 107 Å². The highest BCUT2D eigenvalue weighted by Gasteiger charge is 2.04. The van der Waals surface area contributed by atoms with Gasteiger partial charge in [0.25, 0.3) is 0 Å². The molecule has 1 aromatic carbocycles. The van der Waals surface area contributed by atoms with Crippen molar-refractivity contribution in [2.24, 2.45) is 0 Å². The molecular formula is C13H19FN2O2. The van der Waals surface area contributed by atoms with Gasteiger partial charge in [0.15, 0.2) is 11.6 Å². The number of halogens is 1. The molecule has 2 N–H and O–H groups in total. The zero-order valence-electron chi connectivity index (χ0n) is 10.7. The number of carbonyl (C=O) groups is 1. The predicted octanol–water partition coefficient (Wildman–Crippen LogP) is 2.30. The van der Waals surface area contributed by atoms with E-state index in [-0.39, 0.29) is 24.4 Å². The molecule has 0 fully saturated rings. The minimum Gasteiger partial charge on any atom is -0.489 e. The number of ether oxygens (including phenoxy) is 1. The van der Waals surface area contributed by atoms with Crippen LogP contribution in [0.1, 0.15) is 20.3 Å². The maximum absolute atomic E-state index is 13.2. The van der Waals surface area contributed by atoms with Crippen molar-refractivity contribution in [3.63, 3.8) is 0 Å². The first kappa shape index (κ1) is 14.3. The lowest BCUT2D eigenvalue weighted by Crippen LogP contribution is -2.41. The Hall–Kier alpha value is -1.78. The summed E-state index contributed by atoms with van der Waals surface area (Å²) in [5, 5.41) is 5.40. The Kier molecular flexibility index (Phi) is 5.97. The van der Waals surface area contributed by atoms with Gasteiger partial charge in [0, 0.05) is 6.04 Å². The van der Waals surface area contributed by atoms with E-state index in [9.17, 15) is 9.18 Å². The highest BCUT2D eigenvalue weighted by atomic mass is 19.1. The van der Waals surface area contributed by atoms with Crippen LogP contribution in [-0.4, -0.2) is 25.2 Å². The Morgan fingerprint density at radius 3 is 2.83 bits per heavy atom. The summed E-state index contributed by atoms with van der Waals surface area (Å²) in [6, 6.07) is 6.08. The van der Waals surface area contributed by atoms with E-state index in [1.54, 1.807) is 18.2 Å². The normalized spacial score (nSPS) is 11.7. The van der Waals surface area contributed by atoms with E-state index >= 15 is 0 Å². The largest absolute Gasteiger partial charge is 0.489 e. The van der Waals surface area contributed by atoms with Crippen LogP contribution in [0.2, 0.25) is 0 Å². The van der Waals surface area contributed by atoms with Crippen LogP contribution in [0.15, 0.2) is 24.3 Å². The SMILES string of the molecule is CCC(C)NC(=O)NCCOc1ccccc1F. The maximum atomic E-state index is 13.2. The molecule has 1 aromatic rings. The molecule has 0 bridgehead atoms. The first-order chi connectivity index (χ1) is 8.63. The van der Waals surface area contributed by atoms with Crippen molar-refractivity contribution < 1.29 is 13.9 Å². The van der Waals surface area contributed by atoms with Crippen LogP contribution in [0.3, 0.4) is 0 Å². The zero-order valence-corrected chi connectivity index (χ0v) is 10.7. The van der Waals surface area contributed by atoms with Gasteiger partial charge in [0.05, 0.1) is 6.54 Å². The number of nitrogens with one attached hydrogen (secondary N) is 2. The van der Waals surface area contributed by atoms with Crippen molar-refractivity contribution >= 4 is 6.03 Å². The number of rotatable bonds is 6. The van der Waals surface area contributed by atoms with E-state index in [1.165, 1.54) is 6.07 Å². The fourth-order valence-electron chi connectivity index (χ4n) is 1.26. The topological polar surface area (TPSA) is 50.4 Å². The van der Waals surface area contributed by atoms with Gasteiger partial charge in [-0.25, -0.2) is 9.18 Å². The van der Waals surface area contributed by atoms with Gasteiger partial charge in [-0.1, -0.05) is 19.1 Å². The van der Waals surface area contributed by atoms with Crippen molar-refractivity contribution in [1.82, 2.24) is 10.6 Å². The van der Waals surface area contributed by atoms with Crippen LogP contribution in [0.4, 0.5) is 9.18 Å². The molecule has 0 saturated heterocycles. The monoisotopic (exact) mass is 254 g/mol. The van der Waals surface area contributed by atoms with Crippen molar-refractivity contribution in [2.75, 3.05) is 13.2 Å². The third-order valence-corrected chi connectivity index (χ3v) is 2.47. The van der Waals surface area contributed by atoms with E-state index in [1.807, 2.05) is 13.8 Å². The van der Waals surface area contributed by atoms with E-state index in [4.69, 9.17) is 4.74 Å². The molecule has 5 heteroatoms. The molecule has 1 atom stereocenters. The van der Waals surface area contributed by atoms with Crippen LogP contribution in [0.5, 0.6) is 5.75 Å². The second-order valence-corrected chi connectivity index (χ2v) is 3.99. The van der Waals surface area contributed by atoms with Gasteiger partial charge < -0.3 is 15.4 Å². The summed E-state index contributed by atoms with van der Waals surface area (Å²) in [5.74, 6) is -0.205. The van der Waals surface area contributed by atoms with E-state index in [0.717, 1.165) is 6.42 Å². The minimum absolute atomic E-state index is 0.137. The number of hydrogen-bond donors (Lipinski definition) is 2. The summed E-state index contributed by atoms with van der Waals surface area (Å²) in [6.07, 6.45) is 0.874. The van der Waals surface area contributed by atoms with Gasteiger partial charge in [0.2, 0.25) is 0 Å². The molecule has 0 aliphatic heterocycles. The van der Waals surface area contributed by atoms with Crippen LogP contribution in [0.25, 0.3) is 0 Å². The Bertz CT molecular complexity index is 385. The van der Waals surface area contributed by atoms with E-state index < -0.39 is 5.82 Å². The molecule has 0 aromatic heterocycles. The molecule has 0 spiro atoms. The molecule has 0 aliphatic rings. The fourth-order valence-corrected chi connectivity index (χ4v) is 1.26. The third kappa shape index (κ3) is 5.03. The lowest BCUT2D eigenvalue weighted by atomic mass is 10.3. The second-order valence-electron chi connectivity index (χ2n) is 3.99. The summed E-state index contributed by atoms with van der Waals surface area (Å²) in [6.45, 7) is 4.48. The van der Waals surface area contributed by atoms with E-state index in [0.29, 0.717) is 6.54 Å². The lowest BCUT2D eigenvalue weighted by molar-refractivity contribution is 0.232. The zero-order chi connectivity index (χ0) is 13.4. The Morgan fingerprint density at radius 1 is 1.44 bits per heavy atom. The smallest absolute Gasteiger partial charge is 0.315 e. The summed E-state index contributed by atoms with van der Waals surface area (Å²) >= 11 is 0. The summed E-state index contributed by atoms with van der Waals surface area (Å²) in [7, 11) is 0. The molecule has 1 unspecified atom stereocenters. The van der Waals surface area contributed by atoms with Crippen molar-refractivity contribution in [3.8, 4) is 5.75 Å². The molecule has 2 amide bonds. The average molecular weight is 254 g/mol. The summed E-state index contributed by atoms with van der Waals surface area (Å²) in [5.41, 5.74) is 0. The molecule has 18 heavy (non-hydrogen) atoms. The van der Waals surface area contributed by atoms with Crippen molar-refractivity contribution in [2.45, 2.75) is 26.3 Å². The van der Waals surface area contributed by atoms with Crippen LogP contribution < -0.4 is 15.4 Å². The molecule has 0 radical (unpaired) electrons. The van der Waals surface area contributed by atoms with Crippen molar-refractivity contribution in [3.05, 3.63) is 30.1 Å². The quantitative estimate of drug-likeness (QED) is 0.765. The molecule has 4 nitrogen and oxygen atoms in total. The Morgan fingerprint density at radius 2 is 2.17 bits per heavy atom. The first-order valence-corrected chi connectivity index (χ1v) is 6.05. The average Bonchev–Trinajstić information content (AvgIpc) is 2.36. The molecule has 100 valence electrons. The fraction of sp³-hybridized carbons (Fsp3) is 0.462. The van der Waals surface area contributed by atoms with E-state index in [2.05, 4.69) is 10.6 Å². The molecule has 0 heterocycles. The third-order valence-electron chi connectivity index (χ3n) is 2.47. The van der Waals surface area contributed by atoms with Crippen LogP contribution in [0, 0.1) is 5.82 Å². The second kappa shape index (κ2) is 7.53.